The van der Waals surface area contributed by atoms with Crippen molar-refractivity contribution in [2.45, 2.75) is 39.2 Å². The number of carbonyl (C=O) groups excluding carboxylic acids is 1. The molecule has 0 atom stereocenters. The highest BCUT2D eigenvalue weighted by Gasteiger charge is 2.15. The minimum atomic E-state index is -0.797. The van der Waals surface area contributed by atoms with Crippen LogP contribution in [-0.4, -0.2) is 54.4 Å². The van der Waals surface area contributed by atoms with Crippen molar-refractivity contribution in [3.05, 3.63) is 0 Å². The summed E-state index contributed by atoms with van der Waals surface area (Å²) in [5, 5.41) is 11.2. The predicted molar refractivity (Wildman–Crippen MR) is 68.6 cm³/mol. The van der Waals surface area contributed by atoms with Gasteiger partial charge in [0.05, 0.1) is 6.42 Å². The second kappa shape index (κ2) is 7.92. The van der Waals surface area contributed by atoms with Crippen molar-refractivity contribution in [3.63, 3.8) is 0 Å². The van der Waals surface area contributed by atoms with Crippen LogP contribution in [0.4, 0.5) is 4.79 Å². The second-order valence-electron chi connectivity index (χ2n) is 5.23. The van der Waals surface area contributed by atoms with Gasteiger partial charge < -0.3 is 20.1 Å². The van der Waals surface area contributed by atoms with E-state index in [9.17, 15) is 9.59 Å². The van der Waals surface area contributed by atoms with Crippen LogP contribution in [0.1, 0.15) is 33.6 Å². The summed E-state index contributed by atoms with van der Waals surface area (Å²) in [4.78, 5) is 23.6. The summed E-state index contributed by atoms with van der Waals surface area (Å²) in [6, 6.07) is 0. The summed E-state index contributed by atoms with van der Waals surface area (Å²) in [6.45, 7) is 7.21. The summed E-state index contributed by atoms with van der Waals surface area (Å²) >= 11 is 0. The highest BCUT2D eigenvalue weighted by Crippen LogP contribution is 2.06. The zero-order valence-corrected chi connectivity index (χ0v) is 11.7. The first-order chi connectivity index (χ1) is 8.20. The van der Waals surface area contributed by atoms with Gasteiger partial charge in [-0.05, 0) is 40.8 Å². The Labute approximate surface area is 108 Å². The number of alkyl carbamates (subject to hydrolysis) is 1. The average Bonchev–Trinajstić information content (AvgIpc) is 2.19. The van der Waals surface area contributed by atoms with Crippen LogP contribution in [0, 0.1) is 0 Å². The van der Waals surface area contributed by atoms with Gasteiger partial charge in [0, 0.05) is 13.1 Å². The molecule has 1 amide bonds. The van der Waals surface area contributed by atoms with Crippen LogP contribution in [0.15, 0.2) is 0 Å². The summed E-state index contributed by atoms with van der Waals surface area (Å²) in [5.41, 5.74) is -0.484. The van der Waals surface area contributed by atoms with Crippen molar-refractivity contribution in [1.29, 1.82) is 0 Å². The zero-order valence-electron chi connectivity index (χ0n) is 11.7. The Morgan fingerprint density at radius 3 is 2.39 bits per heavy atom. The van der Waals surface area contributed by atoms with Gasteiger partial charge in [-0.2, -0.15) is 0 Å². The quantitative estimate of drug-likeness (QED) is 0.675. The van der Waals surface area contributed by atoms with Gasteiger partial charge >= 0.3 is 12.1 Å². The van der Waals surface area contributed by atoms with E-state index in [0.29, 0.717) is 13.1 Å². The Hall–Kier alpha value is -1.30. The van der Waals surface area contributed by atoms with E-state index in [-0.39, 0.29) is 6.42 Å². The molecule has 0 saturated carbocycles. The van der Waals surface area contributed by atoms with Crippen LogP contribution < -0.4 is 5.32 Å². The number of hydrogen-bond acceptors (Lipinski definition) is 4. The normalized spacial score (nSPS) is 11.4. The van der Waals surface area contributed by atoms with Crippen molar-refractivity contribution in [3.8, 4) is 0 Å². The molecule has 0 aliphatic rings. The number of amides is 1. The smallest absolute Gasteiger partial charge is 0.407 e. The van der Waals surface area contributed by atoms with Gasteiger partial charge in [-0.3, -0.25) is 4.79 Å². The van der Waals surface area contributed by atoms with Crippen LogP contribution in [0.25, 0.3) is 0 Å². The summed E-state index contributed by atoms with van der Waals surface area (Å²) in [5.74, 6) is -0.797. The minimum Gasteiger partial charge on any atom is -0.481 e. The standard InChI is InChI=1S/C12H24N2O4/c1-12(2,3)18-11(17)13-7-5-8-14(4)9-6-10(15)16/h5-9H2,1-4H3,(H,13,17)(H,15,16). The minimum absolute atomic E-state index is 0.135. The van der Waals surface area contributed by atoms with Crippen LogP contribution in [0.3, 0.4) is 0 Å². The van der Waals surface area contributed by atoms with Crippen molar-refractivity contribution >= 4 is 12.1 Å². The largest absolute Gasteiger partial charge is 0.481 e. The lowest BCUT2D eigenvalue weighted by atomic mass is 10.2. The van der Waals surface area contributed by atoms with Crippen LogP contribution in [-0.2, 0) is 9.53 Å². The third-order valence-electron chi connectivity index (χ3n) is 2.09. The fourth-order valence-corrected chi connectivity index (χ4v) is 1.25. The molecular weight excluding hydrogens is 236 g/mol. The fraction of sp³-hybridized carbons (Fsp3) is 0.833. The molecule has 0 aromatic carbocycles. The molecule has 0 aromatic heterocycles. The number of aliphatic carboxylic acids is 1. The van der Waals surface area contributed by atoms with Gasteiger partial charge in [0.25, 0.3) is 0 Å². The number of hydrogen-bond donors (Lipinski definition) is 2. The van der Waals surface area contributed by atoms with E-state index in [1.54, 1.807) is 0 Å². The first kappa shape index (κ1) is 16.7. The third-order valence-corrected chi connectivity index (χ3v) is 2.09. The molecule has 0 aromatic rings. The predicted octanol–water partition coefficient (Wildman–Crippen LogP) is 1.31. The van der Waals surface area contributed by atoms with Gasteiger partial charge in [0.15, 0.2) is 0 Å². The highest BCUT2D eigenvalue weighted by molar-refractivity contribution is 5.67. The van der Waals surface area contributed by atoms with Crippen molar-refractivity contribution < 1.29 is 19.4 Å². The number of carbonyl (C=O) groups is 2. The molecule has 0 radical (unpaired) electrons. The van der Waals surface area contributed by atoms with E-state index < -0.39 is 17.7 Å². The number of nitrogens with zero attached hydrogens (tertiary/aromatic N) is 1. The Bertz CT molecular complexity index is 274. The maximum absolute atomic E-state index is 11.3. The Balaban J connectivity index is 3.55. The average molecular weight is 260 g/mol. The van der Waals surface area contributed by atoms with Crippen molar-refractivity contribution in [1.82, 2.24) is 10.2 Å². The van der Waals surface area contributed by atoms with Gasteiger partial charge in [-0.25, -0.2) is 4.79 Å². The number of carboxylic acid groups (broad SMARTS) is 1. The maximum Gasteiger partial charge on any atom is 0.407 e. The molecule has 0 fully saturated rings. The molecule has 0 unspecified atom stereocenters. The van der Waals surface area contributed by atoms with Crippen LogP contribution >= 0.6 is 0 Å². The van der Waals surface area contributed by atoms with Gasteiger partial charge in [-0.15, -0.1) is 0 Å². The molecule has 106 valence electrons. The van der Waals surface area contributed by atoms with Crippen molar-refractivity contribution in [2.24, 2.45) is 0 Å². The van der Waals surface area contributed by atoms with E-state index >= 15 is 0 Å². The van der Waals surface area contributed by atoms with E-state index in [1.807, 2.05) is 32.7 Å². The summed E-state index contributed by atoms with van der Waals surface area (Å²) in [7, 11) is 1.86. The molecule has 6 nitrogen and oxygen atoms in total. The molecule has 0 aliphatic carbocycles. The number of nitrogens with one attached hydrogen (secondary N) is 1. The molecule has 18 heavy (non-hydrogen) atoms. The van der Waals surface area contributed by atoms with E-state index in [0.717, 1.165) is 13.0 Å². The molecule has 0 aliphatic heterocycles. The Kier molecular flexibility index (Phi) is 7.35. The SMILES string of the molecule is CN(CCCNC(=O)OC(C)(C)C)CCC(=O)O. The van der Waals surface area contributed by atoms with Crippen LogP contribution in [0.5, 0.6) is 0 Å². The summed E-state index contributed by atoms with van der Waals surface area (Å²) < 4.78 is 5.08. The van der Waals surface area contributed by atoms with E-state index in [2.05, 4.69) is 5.32 Å². The van der Waals surface area contributed by atoms with Crippen LogP contribution in [0.2, 0.25) is 0 Å². The van der Waals surface area contributed by atoms with Crippen molar-refractivity contribution in [2.75, 3.05) is 26.7 Å². The van der Waals surface area contributed by atoms with Gasteiger partial charge in [0.2, 0.25) is 0 Å². The summed E-state index contributed by atoms with van der Waals surface area (Å²) in [6.07, 6.45) is 0.474. The Morgan fingerprint density at radius 1 is 1.28 bits per heavy atom. The number of ether oxygens (including phenoxy) is 1. The monoisotopic (exact) mass is 260 g/mol. The fourth-order valence-electron chi connectivity index (χ4n) is 1.25. The lowest BCUT2D eigenvalue weighted by molar-refractivity contribution is -0.137. The topological polar surface area (TPSA) is 78.9 Å². The molecule has 0 rings (SSSR count). The third kappa shape index (κ3) is 11.2. The molecule has 6 heteroatoms. The molecule has 0 spiro atoms. The first-order valence-electron chi connectivity index (χ1n) is 6.08. The zero-order chi connectivity index (χ0) is 14.2. The molecule has 0 heterocycles. The molecule has 2 N–H and O–H groups in total. The van der Waals surface area contributed by atoms with E-state index in [4.69, 9.17) is 9.84 Å². The highest BCUT2D eigenvalue weighted by atomic mass is 16.6. The van der Waals surface area contributed by atoms with Gasteiger partial charge in [-0.1, -0.05) is 0 Å². The van der Waals surface area contributed by atoms with E-state index in [1.165, 1.54) is 0 Å². The lowest BCUT2D eigenvalue weighted by Crippen LogP contribution is -2.34. The maximum atomic E-state index is 11.3. The second-order valence-corrected chi connectivity index (χ2v) is 5.23. The Morgan fingerprint density at radius 2 is 1.89 bits per heavy atom. The lowest BCUT2D eigenvalue weighted by Gasteiger charge is -2.20. The molecular formula is C12H24N2O4. The molecule has 0 saturated heterocycles. The molecule has 0 bridgehead atoms. The number of carboxylic acids is 1. The van der Waals surface area contributed by atoms with Gasteiger partial charge in [0.1, 0.15) is 5.60 Å². The number of rotatable bonds is 7. The first-order valence-corrected chi connectivity index (χ1v) is 6.08.